The van der Waals surface area contributed by atoms with Gasteiger partial charge in [0.05, 0.1) is 0 Å². The molecule has 6 aromatic carbocycles. The lowest BCUT2D eigenvalue weighted by atomic mass is 9.92. The van der Waals surface area contributed by atoms with E-state index in [1.807, 2.05) is 0 Å². The topological polar surface area (TPSA) is 0 Å². The van der Waals surface area contributed by atoms with Gasteiger partial charge in [0.15, 0.2) is 0 Å². The number of fused-ring (bicyclic) bond motifs is 7. The van der Waals surface area contributed by atoms with Gasteiger partial charge in [-0.15, -0.1) is 0 Å². The monoisotopic (exact) mass is 636 g/mol. The maximum Gasteiger partial charge on any atom is -0.00987 e. The van der Waals surface area contributed by atoms with Crippen molar-refractivity contribution in [2.45, 2.75) is 142 Å². The van der Waals surface area contributed by atoms with Crippen LogP contribution in [0.5, 0.6) is 0 Å². The molecule has 0 nitrogen and oxygen atoms in total. The van der Waals surface area contributed by atoms with E-state index in [1.54, 1.807) is 0 Å². The second-order valence-electron chi connectivity index (χ2n) is 14.9. The molecule has 0 heterocycles. The second kappa shape index (κ2) is 17.9. The molecule has 0 radical (unpaired) electrons. The average Bonchev–Trinajstić information content (AvgIpc) is 3.11. The molecular weight excluding hydrogens is 577 g/mol. The van der Waals surface area contributed by atoms with E-state index in [0.29, 0.717) is 0 Å². The zero-order valence-corrected chi connectivity index (χ0v) is 30.2. The summed E-state index contributed by atoms with van der Waals surface area (Å²) < 4.78 is 0. The first-order chi connectivity index (χ1) is 23.7. The summed E-state index contributed by atoms with van der Waals surface area (Å²) in [5, 5.41) is 13.6. The highest BCUT2D eigenvalue weighted by Gasteiger charge is 2.09. The maximum atomic E-state index is 2.44. The lowest BCUT2D eigenvalue weighted by Gasteiger charge is -2.12. The zero-order valence-electron chi connectivity index (χ0n) is 30.2. The van der Waals surface area contributed by atoms with Crippen molar-refractivity contribution in [3.63, 3.8) is 0 Å². The fraction of sp³-hybridized carbons (Fsp3) is 0.458. The van der Waals surface area contributed by atoms with Gasteiger partial charge in [-0.25, -0.2) is 0 Å². The van der Waals surface area contributed by atoms with E-state index in [4.69, 9.17) is 0 Å². The molecule has 0 amide bonds. The summed E-state index contributed by atoms with van der Waals surface area (Å²) >= 11 is 0. The lowest BCUT2D eigenvalue weighted by molar-refractivity contribution is 0.565. The number of hydrogen-bond acceptors (Lipinski definition) is 0. The highest BCUT2D eigenvalue weighted by molar-refractivity contribution is 6.20. The fourth-order valence-corrected chi connectivity index (χ4v) is 8.06. The van der Waals surface area contributed by atoms with Crippen LogP contribution in [-0.2, 0) is 12.8 Å². The Hall–Kier alpha value is -3.38. The predicted octanol–water partition coefficient (Wildman–Crippen LogP) is 15.6. The highest BCUT2D eigenvalue weighted by Crippen LogP contribution is 2.36. The Morgan fingerprint density at radius 3 is 1.02 bits per heavy atom. The molecule has 0 bridgehead atoms. The van der Waals surface area contributed by atoms with E-state index in [9.17, 15) is 0 Å². The number of aryl methyl sites for hydroxylation is 2. The minimum Gasteiger partial charge on any atom is -0.0654 e. The smallest absolute Gasteiger partial charge is 0.00987 e. The third-order valence-electron chi connectivity index (χ3n) is 11.0. The lowest BCUT2D eigenvalue weighted by Crippen LogP contribution is -1.88. The third kappa shape index (κ3) is 8.99. The van der Waals surface area contributed by atoms with Crippen LogP contribution in [0, 0.1) is 0 Å². The Balaban J connectivity index is 1.11. The van der Waals surface area contributed by atoms with Crippen LogP contribution in [0.15, 0.2) is 84.9 Å². The van der Waals surface area contributed by atoms with Crippen LogP contribution in [0.2, 0.25) is 0 Å². The molecule has 0 aromatic heterocycles. The minimum absolute atomic E-state index is 1.20. The van der Waals surface area contributed by atoms with Gasteiger partial charge < -0.3 is 0 Å². The van der Waals surface area contributed by atoms with Gasteiger partial charge in [-0.3, -0.25) is 0 Å². The van der Waals surface area contributed by atoms with Crippen molar-refractivity contribution in [2.75, 3.05) is 0 Å². The van der Waals surface area contributed by atoms with E-state index in [0.717, 1.165) is 0 Å². The van der Waals surface area contributed by atoms with Gasteiger partial charge in [0, 0.05) is 0 Å². The molecule has 0 spiro atoms. The summed E-state index contributed by atoms with van der Waals surface area (Å²) in [6.45, 7) is 4.60. The molecule has 0 heteroatoms. The van der Waals surface area contributed by atoms with Crippen LogP contribution in [0.3, 0.4) is 0 Å². The molecule has 6 aromatic rings. The van der Waals surface area contributed by atoms with Crippen LogP contribution < -0.4 is 0 Å². The first-order valence-corrected chi connectivity index (χ1v) is 20.0. The molecule has 0 aliphatic rings. The van der Waals surface area contributed by atoms with Crippen molar-refractivity contribution in [3.8, 4) is 0 Å². The average molecular weight is 637 g/mol. The zero-order chi connectivity index (χ0) is 33.0. The van der Waals surface area contributed by atoms with E-state index in [1.165, 1.54) is 193 Å². The van der Waals surface area contributed by atoms with Crippen LogP contribution in [0.4, 0.5) is 0 Å². The van der Waals surface area contributed by atoms with Gasteiger partial charge in [-0.1, -0.05) is 177 Å². The molecule has 0 aliphatic carbocycles. The Labute approximate surface area is 291 Å². The van der Waals surface area contributed by atoms with Crippen molar-refractivity contribution in [2.24, 2.45) is 0 Å². The maximum absolute atomic E-state index is 2.44. The molecule has 6 rings (SSSR count). The molecule has 252 valence electrons. The quantitative estimate of drug-likeness (QED) is 0.0444. The first kappa shape index (κ1) is 34.5. The molecular formula is C48H60. The van der Waals surface area contributed by atoms with Crippen LogP contribution in [-0.4, -0.2) is 0 Å². The Kier molecular flexibility index (Phi) is 12.8. The normalized spacial score (nSPS) is 12.0. The number of unbranched alkanes of at least 4 members (excludes halogenated alkanes) is 16. The molecule has 0 saturated carbocycles. The third-order valence-corrected chi connectivity index (χ3v) is 11.0. The van der Waals surface area contributed by atoms with Crippen molar-refractivity contribution >= 4 is 53.9 Å². The van der Waals surface area contributed by atoms with Crippen LogP contribution in [0.1, 0.15) is 141 Å². The van der Waals surface area contributed by atoms with E-state index < -0.39 is 0 Å². The largest absolute Gasteiger partial charge is 0.0654 e. The molecule has 0 fully saturated rings. The summed E-state index contributed by atoms with van der Waals surface area (Å²) in [5.41, 5.74) is 2.97. The molecule has 0 N–H and O–H groups in total. The van der Waals surface area contributed by atoms with Gasteiger partial charge in [0.2, 0.25) is 0 Å². The van der Waals surface area contributed by atoms with E-state index in [-0.39, 0.29) is 0 Å². The molecule has 0 saturated heterocycles. The standard InChI is InChI=1S/C48H60/c1-3-5-7-9-11-13-15-17-19-21-37-23-25-39-35-47-41(33-43(39)31-37)27-29-46-45(47)30-28-42-34-44-32-38(24-26-40(44)36-48(42)46)22-20-18-16-14-12-10-8-6-4-2/h23-36H,3-22H2,1-2H3. The number of hydrogen-bond donors (Lipinski definition) is 0. The first-order valence-electron chi connectivity index (χ1n) is 20.0. The fourth-order valence-electron chi connectivity index (χ4n) is 8.06. The Bertz CT molecular complexity index is 1770. The number of rotatable bonds is 20. The summed E-state index contributed by atoms with van der Waals surface area (Å²) in [6.07, 6.45) is 27.4. The summed E-state index contributed by atoms with van der Waals surface area (Å²) in [4.78, 5) is 0. The van der Waals surface area contributed by atoms with Gasteiger partial charge in [0.25, 0.3) is 0 Å². The Morgan fingerprint density at radius 2 is 0.625 bits per heavy atom. The van der Waals surface area contributed by atoms with Crippen molar-refractivity contribution in [3.05, 3.63) is 96.1 Å². The molecule has 0 atom stereocenters. The van der Waals surface area contributed by atoms with Crippen molar-refractivity contribution in [1.29, 1.82) is 0 Å². The van der Waals surface area contributed by atoms with Crippen LogP contribution in [0.25, 0.3) is 53.9 Å². The van der Waals surface area contributed by atoms with E-state index >= 15 is 0 Å². The summed E-state index contributed by atoms with van der Waals surface area (Å²) in [7, 11) is 0. The van der Waals surface area contributed by atoms with Gasteiger partial charge in [0.1, 0.15) is 0 Å². The highest BCUT2D eigenvalue weighted by atomic mass is 14.1. The molecule has 0 unspecified atom stereocenters. The van der Waals surface area contributed by atoms with Crippen molar-refractivity contribution < 1.29 is 0 Å². The molecule has 0 aliphatic heterocycles. The summed E-state index contributed by atoms with van der Waals surface area (Å²) in [6, 6.07) is 33.5. The van der Waals surface area contributed by atoms with Crippen molar-refractivity contribution in [1.82, 2.24) is 0 Å². The van der Waals surface area contributed by atoms with Gasteiger partial charge >= 0.3 is 0 Å². The van der Waals surface area contributed by atoms with E-state index in [2.05, 4.69) is 98.8 Å². The second-order valence-corrected chi connectivity index (χ2v) is 14.9. The minimum atomic E-state index is 1.20. The number of benzene rings is 6. The van der Waals surface area contributed by atoms with Gasteiger partial charge in [-0.05, 0) is 115 Å². The molecule has 48 heavy (non-hydrogen) atoms. The van der Waals surface area contributed by atoms with Gasteiger partial charge in [-0.2, -0.15) is 0 Å². The summed E-state index contributed by atoms with van der Waals surface area (Å²) in [5.74, 6) is 0. The van der Waals surface area contributed by atoms with Crippen LogP contribution >= 0.6 is 0 Å². The SMILES string of the molecule is CCCCCCCCCCCc1ccc2cc3c(ccc4c5cc6ccc(CCCCCCCCCCC)cc6cc5ccc34)cc2c1. The Morgan fingerprint density at radius 1 is 0.271 bits per heavy atom. The predicted molar refractivity (Wildman–Crippen MR) is 216 cm³/mol.